The van der Waals surface area contributed by atoms with Gasteiger partial charge in [-0.25, -0.2) is 13.1 Å². The maximum atomic E-state index is 12.1. The monoisotopic (exact) mass is 443 g/mol. The molecule has 2 aromatic rings. The molecule has 0 saturated carbocycles. The zero-order chi connectivity index (χ0) is 14.0. The van der Waals surface area contributed by atoms with Crippen LogP contribution in [-0.2, 0) is 16.4 Å². The molecule has 19 heavy (non-hydrogen) atoms. The first kappa shape index (κ1) is 15.7. The number of hydrogen-bond donors (Lipinski definition) is 1. The van der Waals surface area contributed by atoms with Crippen LogP contribution in [0.2, 0.25) is 0 Å². The lowest BCUT2D eigenvalue weighted by molar-refractivity contribution is 0.584. The highest BCUT2D eigenvalue weighted by Gasteiger charge is 2.17. The third-order valence-electron chi connectivity index (χ3n) is 2.39. The minimum Gasteiger partial charge on any atom is -0.210 e. The molecule has 0 amide bonds. The lowest BCUT2D eigenvalue weighted by Gasteiger charge is -2.03. The summed E-state index contributed by atoms with van der Waals surface area (Å²) in [6.45, 7) is 2.28. The zero-order valence-corrected chi connectivity index (χ0v) is 15.6. The molecule has 1 N–H and O–H groups in total. The van der Waals surface area contributed by atoms with E-state index in [1.54, 1.807) is 17.4 Å². The van der Waals surface area contributed by atoms with Crippen LogP contribution in [-0.4, -0.2) is 15.0 Å². The standard InChI is InChI=1S/C11H11Br2NO2S3/c1-7-6-10(18-11(7)13)19(15,16)14-5-4-8-2-3-9(12)17-8/h2-3,6,14H,4-5H2,1H3. The third kappa shape index (κ3) is 4.12. The van der Waals surface area contributed by atoms with E-state index in [0.717, 1.165) is 18.0 Å². The Hall–Kier alpha value is 0.270. The van der Waals surface area contributed by atoms with Crippen molar-refractivity contribution in [2.45, 2.75) is 17.6 Å². The Morgan fingerprint density at radius 2 is 2.00 bits per heavy atom. The highest BCUT2D eigenvalue weighted by atomic mass is 79.9. The maximum Gasteiger partial charge on any atom is 0.250 e. The van der Waals surface area contributed by atoms with Gasteiger partial charge in [0, 0.05) is 11.4 Å². The van der Waals surface area contributed by atoms with Crippen molar-refractivity contribution >= 4 is 64.6 Å². The Balaban J connectivity index is 1.98. The van der Waals surface area contributed by atoms with Crippen molar-refractivity contribution in [3.8, 4) is 0 Å². The van der Waals surface area contributed by atoms with Gasteiger partial charge in [0.05, 0.1) is 7.57 Å². The Morgan fingerprint density at radius 1 is 1.26 bits per heavy atom. The molecule has 2 aromatic heterocycles. The van der Waals surface area contributed by atoms with Crippen LogP contribution in [0, 0.1) is 6.92 Å². The predicted molar refractivity (Wildman–Crippen MR) is 87.7 cm³/mol. The van der Waals surface area contributed by atoms with Gasteiger partial charge >= 0.3 is 0 Å². The van der Waals surface area contributed by atoms with Gasteiger partial charge in [-0.3, -0.25) is 0 Å². The van der Waals surface area contributed by atoms with Crippen LogP contribution < -0.4 is 4.72 Å². The van der Waals surface area contributed by atoms with Gasteiger partial charge in [-0.15, -0.1) is 22.7 Å². The minimum atomic E-state index is -3.39. The van der Waals surface area contributed by atoms with Crippen LogP contribution in [0.25, 0.3) is 0 Å². The fraction of sp³-hybridized carbons (Fsp3) is 0.273. The summed E-state index contributed by atoms with van der Waals surface area (Å²) >= 11 is 9.58. The fourth-order valence-electron chi connectivity index (χ4n) is 1.43. The maximum absolute atomic E-state index is 12.1. The van der Waals surface area contributed by atoms with Crippen molar-refractivity contribution in [1.29, 1.82) is 0 Å². The third-order valence-corrected chi connectivity index (χ3v) is 8.15. The number of thiophene rings is 2. The second kappa shape index (κ2) is 6.36. The number of aryl methyl sites for hydroxylation is 1. The molecule has 0 saturated heterocycles. The second-order valence-electron chi connectivity index (χ2n) is 3.88. The molecule has 0 aliphatic carbocycles. The number of halogens is 2. The van der Waals surface area contributed by atoms with Crippen molar-refractivity contribution in [3.05, 3.63) is 36.2 Å². The van der Waals surface area contributed by atoms with E-state index in [0.29, 0.717) is 17.2 Å². The molecule has 0 bridgehead atoms. The van der Waals surface area contributed by atoms with Crippen LogP contribution >= 0.6 is 54.5 Å². The summed E-state index contributed by atoms with van der Waals surface area (Å²) in [5, 5.41) is 0. The van der Waals surface area contributed by atoms with E-state index in [1.165, 1.54) is 11.3 Å². The van der Waals surface area contributed by atoms with Crippen LogP contribution in [0.3, 0.4) is 0 Å². The average Bonchev–Trinajstić information content (AvgIpc) is 2.87. The Kier molecular flexibility index (Phi) is 5.24. The first-order valence-electron chi connectivity index (χ1n) is 5.38. The molecule has 0 unspecified atom stereocenters. The SMILES string of the molecule is Cc1cc(S(=O)(=O)NCCc2ccc(Br)s2)sc1Br. The fourth-order valence-corrected chi connectivity index (χ4v) is 6.21. The highest BCUT2D eigenvalue weighted by molar-refractivity contribution is 9.11. The van der Waals surface area contributed by atoms with Crippen LogP contribution in [0.5, 0.6) is 0 Å². The van der Waals surface area contributed by atoms with E-state index in [1.807, 2.05) is 19.1 Å². The normalized spacial score (nSPS) is 11.9. The van der Waals surface area contributed by atoms with Gasteiger partial charge in [0.25, 0.3) is 0 Å². The summed E-state index contributed by atoms with van der Waals surface area (Å²) < 4.78 is 29.0. The predicted octanol–water partition coefficient (Wildman–Crippen LogP) is 4.16. The summed E-state index contributed by atoms with van der Waals surface area (Å²) in [6.07, 6.45) is 0.695. The van der Waals surface area contributed by atoms with E-state index < -0.39 is 10.0 Å². The molecule has 2 rings (SSSR count). The van der Waals surface area contributed by atoms with Gasteiger partial charge in [0.2, 0.25) is 10.0 Å². The van der Waals surface area contributed by atoms with Gasteiger partial charge in [0.1, 0.15) is 4.21 Å². The summed E-state index contributed by atoms with van der Waals surface area (Å²) in [7, 11) is -3.39. The molecule has 0 spiro atoms. The molecule has 3 nitrogen and oxygen atoms in total. The molecule has 0 aliphatic rings. The first-order chi connectivity index (χ1) is 8.88. The molecule has 0 atom stereocenters. The zero-order valence-electron chi connectivity index (χ0n) is 9.94. The second-order valence-corrected chi connectivity index (χ2v) is 10.8. The number of sulfonamides is 1. The average molecular weight is 445 g/mol. The van der Waals surface area contributed by atoms with Gasteiger partial charge in [-0.05, 0) is 69.0 Å². The molecule has 0 radical (unpaired) electrons. The summed E-state index contributed by atoms with van der Waals surface area (Å²) in [6, 6.07) is 5.64. The lowest BCUT2D eigenvalue weighted by atomic mass is 10.3. The first-order valence-corrected chi connectivity index (χ1v) is 10.1. The lowest BCUT2D eigenvalue weighted by Crippen LogP contribution is -2.25. The van der Waals surface area contributed by atoms with Gasteiger partial charge in [-0.1, -0.05) is 0 Å². The summed E-state index contributed by atoms with van der Waals surface area (Å²) in [4.78, 5) is 1.15. The van der Waals surface area contributed by atoms with E-state index >= 15 is 0 Å². The Bertz CT molecular complexity index is 656. The van der Waals surface area contributed by atoms with Gasteiger partial charge in [-0.2, -0.15) is 0 Å². The smallest absolute Gasteiger partial charge is 0.210 e. The van der Waals surface area contributed by atoms with E-state index in [4.69, 9.17) is 0 Å². The van der Waals surface area contributed by atoms with Crippen molar-refractivity contribution in [1.82, 2.24) is 4.72 Å². The van der Waals surface area contributed by atoms with E-state index in [9.17, 15) is 8.42 Å². The molecule has 0 aliphatic heterocycles. The van der Waals surface area contributed by atoms with Crippen molar-refractivity contribution in [2.75, 3.05) is 6.54 Å². The molecule has 2 heterocycles. The minimum absolute atomic E-state index is 0.351. The molecule has 0 aromatic carbocycles. The summed E-state index contributed by atoms with van der Waals surface area (Å²) in [5.74, 6) is 0. The number of nitrogens with one attached hydrogen (secondary N) is 1. The molecular weight excluding hydrogens is 434 g/mol. The van der Waals surface area contributed by atoms with E-state index in [2.05, 4.69) is 36.6 Å². The Labute approximate surface area is 137 Å². The highest BCUT2D eigenvalue weighted by Crippen LogP contribution is 2.30. The molecule has 8 heteroatoms. The number of hydrogen-bond acceptors (Lipinski definition) is 4. The van der Waals surface area contributed by atoms with E-state index in [-0.39, 0.29) is 0 Å². The summed E-state index contributed by atoms with van der Waals surface area (Å²) in [5.41, 5.74) is 0.938. The largest absolute Gasteiger partial charge is 0.250 e. The quantitative estimate of drug-likeness (QED) is 0.752. The molecular formula is C11H11Br2NO2S3. The molecule has 0 fully saturated rings. The van der Waals surface area contributed by atoms with Crippen molar-refractivity contribution < 1.29 is 8.42 Å². The van der Waals surface area contributed by atoms with Crippen LogP contribution in [0.1, 0.15) is 10.4 Å². The number of rotatable bonds is 5. The molecule has 104 valence electrons. The Morgan fingerprint density at radius 3 is 2.53 bits per heavy atom. The van der Waals surface area contributed by atoms with Crippen LogP contribution in [0.4, 0.5) is 0 Å². The van der Waals surface area contributed by atoms with Crippen molar-refractivity contribution in [2.24, 2.45) is 0 Å². The van der Waals surface area contributed by atoms with Gasteiger partial charge < -0.3 is 0 Å². The topological polar surface area (TPSA) is 46.2 Å². The van der Waals surface area contributed by atoms with Crippen LogP contribution in [0.15, 0.2) is 30.0 Å². The van der Waals surface area contributed by atoms with Gasteiger partial charge in [0.15, 0.2) is 0 Å². The van der Waals surface area contributed by atoms with Crippen molar-refractivity contribution in [3.63, 3.8) is 0 Å².